The molecule has 1 saturated carbocycles. The molecule has 0 N–H and O–H groups in total. The van der Waals surface area contributed by atoms with E-state index >= 15 is 0 Å². The van der Waals surface area contributed by atoms with Crippen LogP contribution in [0.4, 0.5) is 5.69 Å². The average molecular weight is 384 g/mol. The molecule has 1 aromatic heterocycles. The Balaban J connectivity index is 1.68. The average Bonchev–Trinajstić information content (AvgIpc) is 3.20. The number of hydrogen-bond donors (Lipinski definition) is 0. The molecule has 1 aliphatic heterocycles. The largest absolute Gasteiger partial charge is 0.378 e. The highest BCUT2D eigenvalue weighted by atomic mass is 15.6. The van der Waals surface area contributed by atoms with Gasteiger partial charge in [-0.2, -0.15) is 0 Å². The third-order valence-corrected chi connectivity index (χ3v) is 6.31. The Hall–Kier alpha value is -1.99. The Labute approximate surface area is 168 Å². The van der Waals surface area contributed by atoms with Gasteiger partial charge in [0.2, 0.25) is 0 Å². The Morgan fingerprint density at radius 3 is 2.29 bits per heavy atom. The van der Waals surface area contributed by atoms with Crippen LogP contribution in [0.5, 0.6) is 0 Å². The van der Waals surface area contributed by atoms with E-state index in [1.165, 1.54) is 43.4 Å². The Morgan fingerprint density at radius 1 is 0.964 bits per heavy atom. The molecule has 0 spiro atoms. The minimum absolute atomic E-state index is 0.113. The summed E-state index contributed by atoms with van der Waals surface area (Å²) in [6.45, 7) is 4.23. The molecule has 1 aromatic carbocycles. The molecule has 7 nitrogen and oxygen atoms in total. The minimum Gasteiger partial charge on any atom is -0.378 e. The molecule has 2 heterocycles. The van der Waals surface area contributed by atoms with Crippen molar-refractivity contribution in [1.82, 2.24) is 30.0 Å². The van der Waals surface area contributed by atoms with Gasteiger partial charge in [0.25, 0.3) is 0 Å². The summed E-state index contributed by atoms with van der Waals surface area (Å²) in [6.07, 6.45) is 6.27. The van der Waals surface area contributed by atoms with Gasteiger partial charge in [-0.05, 0) is 48.0 Å². The zero-order valence-corrected chi connectivity index (χ0v) is 17.5. The molecular weight excluding hydrogens is 350 g/mol. The Morgan fingerprint density at radius 2 is 1.64 bits per heavy atom. The van der Waals surface area contributed by atoms with E-state index in [2.05, 4.69) is 80.3 Å². The molecular formula is C21H33N7. The van der Waals surface area contributed by atoms with E-state index in [0.29, 0.717) is 6.04 Å². The van der Waals surface area contributed by atoms with Crippen LogP contribution in [-0.4, -0.2) is 77.3 Å². The zero-order chi connectivity index (χ0) is 19.5. The summed E-state index contributed by atoms with van der Waals surface area (Å²) in [5, 5.41) is 13.1. The van der Waals surface area contributed by atoms with Crippen LogP contribution in [0.25, 0.3) is 0 Å². The van der Waals surface area contributed by atoms with Crippen LogP contribution in [0.2, 0.25) is 0 Å². The van der Waals surface area contributed by atoms with Crippen molar-refractivity contribution in [2.75, 3.05) is 52.2 Å². The summed E-state index contributed by atoms with van der Waals surface area (Å²) in [5.74, 6) is 1.01. The zero-order valence-electron chi connectivity index (χ0n) is 17.5. The maximum absolute atomic E-state index is 4.56. The van der Waals surface area contributed by atoms with Gasteiger partial charge in [-0.15, -0.1) is 5.10 Å². The van der Waals surface area contributed by atoms with Crippen molar-refractivity contribution >= 4 is 5.69 Å². The molecule has 0 amide bonds. The van der Waals surface area contributed by atoms with Crippen molar-refractivity contribution < 1.29 is 0 Å². The first-order valence-electron chi connectivity index (χ1n) is 10.6. The number of rotatable bonds is 5. The van der Waals surface area contributed by atoms with Crippen LogP contribution < -0.4 is 4.90 Å². The summed E-state index contributed by atoms with van der Waals surface area (Å²) >= 11 is 0. The Kier molecular flexibility index (Phi) is 5.92. The highest BCUT2D eigenvalue weighted by Gasteiger charge is 2.32. The van der Waals surface area contributed by atoms with Crippen molar-refractivity contribution in [1.29, 1.82) is 0 Å². The van der Waals surface area contributed by atoms with E-state index in [1.807, 2.05) is 0 Å². The van der Waals surface area contributed by atoms with Crippen molar-refractivity contribution in [2.45, 2.75) is 44.2 Å². The second kappa shape index (κ2) is 8.57. The molecule has 1 unspecified atom stereocenters. The van der Waals surface area contributed by atoms with Crippen molar-refractivity contribution in [2.24, 2.45) is 0 Å². The number of tetrazole rings is 1. The lowest BCUT2D eigenvalue weighted by Gasteiger charge is -2.38. The minimum atomic E-state index is 0.113. The molecule has 0 bridgehead atoms. The highest BCUT2D eigenvalue weighted by Crippen LogP contribution is 2.34. The lowest BCUT2D eigenvalue weighted by molar-refractivity contribution is 0.119. The molecule has 1 saturated heterocycles. The van der Waals surface area contributed by atoms with Crippen molar-refractivity contribution in [3.05, 3.63) is 35.7 Å². The van der Waals surface area contributed by atoms with Crippen LogP contribution >= 0.6 is 0 Å². The van der Waals surface area contributed by atoms with Crippen LogP contribution in [0.3, 0.4) is 0 Å². The quantitative estimate of drug-likeness (QED) is 0.791. The molecule has 28 heavy (non-hydrogen) atoms. The van der Waals surface area contributed by atoms with E-state index < -0.39 is 0 Å². The summed E-state index contributed by atoms with van der Waals surface area (Å²) in [4.78, 5) is 7.09. The first-order chi connectivity index (χ1) is 13.6. The predicted octanol–water partition coefficient (Wildman–Crippen LogP) is 2.58. The summed E-state index contributed by atoms with van der Waals surface area (Å²) in [6, 6.07) is 9.45. The Bertz CT molecular complexity index is 740. The molecule has 7 heteroatoms. The predicted molar refractivity (Wildman–Crippen MR) is 112 cm³/mol. The number of piperazine rings is 1. The van der Waals surface area contributed by atoms with Gasteiger partial charge < -0.3 is 9.80 Å². The maximum atomic E-state index is 4.56. The maximum Gasteiger partial charge on any atom is 0.173 e. The van der Waals surface area contributed by atoms with Gasteiger partial charge in [0, 0.05) is 46.0 Å². The van der Waals surface area contributed by atoms with Crippen LogP contribution in [0.1, 0.15) is 55.6 Å². The van der Waals surface area contributed by atoms with Gasteiger partial charge in [-0.25, -0.2) is 4.68 Å². The molecule has 1 aliphatic carbocycles. The molecule has 152 valence electrons. The molecule has 2 aromatic rings. The van der Waals surface area contributed by atoms with Gasteiger partial charge in [0.15, 0.2) is 5.82 Å². The van der Waals surface area contributed by atoms with Crippen LogP contribution in [0, 0.1) is 0 Å². The first-order valence-corrected chi connectivity index (χ1v) is 10.6. The lowest BCUT2D eigenvalue weighted by atomic mass is 9.95. The second-order valence-corrected chi connectivity index (χ2v) is 8.50. The highest BCUT2D eigenvalue weighted by molar-refractivity contribution is 5.47. The fourth-order valence-corrected chi connectivity index (χ4v) is 4.52. The fraction of sp³-hybridized carbons (Fsp3) is 0.667. The van der Waals surface area contributed by atoms with Gasteiger partial charge in [-0.1, -0.05) is 31.4 Å². The van der Waals surface area contributed by atoms with E-state index in [9.17, 15) is 0 Å². The summed E-state index contributed by atoms with van der Waals surface area (Å²) in [7, 11) is 6.36. The second-order valence-electron chi connectivity index (χ2n) is 8.50. The van der Waals surface area contributed by atoms with E-state index in [4.69, 9.17) is 0 Å². The van der Waals surface area contributed by atoms with Gasteiger partial charge >= 0.3 is 0 Å². The van der Waals surface area contributed by atoms with Gasteiger partial charge in [-0.3, -0.25) is 4.90 Å². The summed E-state index contributed by atoms with van der Waals surface area (Å²) < 4.78 is 2.14. The smallest absolute Gasteiger partial charge is 0.173 e. The lowest BCUT2D eigenvalue weighted by Crippen LogP contribution is -2.46. The third kappa shape index (κ3) is 4.05. The molecule has 2 aliphatic rings. The standard InChI is InChI=1S/C21H33N7/c1-25(2)18-11-9-17(10-12-18)20(27-15-13-26(3)14-16-27)21-22-23-24-28(21)19-7-5-4-6-8-19/h9-12,19-20H,4-8,13-16H2,1-3H3. The van der Waals surface area contributed by atoms with Gasteiger partial charge in [0.1, 0.15) is 0 Å². The fourth-order valence-electron chi connectivity index (χ4n) is 4.52. The molecule has 2 fully saturated rings. The van der Waals surface area contributed by atoms with Crippen molar-refractivity contribution in [3.63, 3.8) is 0 Å². The number of hydrogen-bond acceptors (Lipinski definition) is 6. The number of benzene rings is 1. The third-order valence-electron chi connectivity index (χ3n) is 6.31. The number of nitrogens with zero attached hydrogens (tertiary/aromatic N) is 7. The molecule has 1 atom stereocenters. The number of aromatic nitrogens is 4. The normalized spacial score (nSPS) is 21.0. The van der Waals surface area contributed by atoms with Crippen LogP contribution in [0.15, 0.2) is 24.3 Å². The molecule has 4 rings (SSSR count). The molecule has 0 radical (unpaired) electrons. The topological polar surface area (TPSA) is 53.3 Å². The van der Waals surface area contributed by atoms with Crippen molar-refractivity contribution in [3.8, 4) is 0 Å². The first kappa shape index (κ1) is 19.3. The van der Waals surface area contributed by atoms with E-state index in [1.54, 1.807) is 0 Å². The van der Waals surface area contributed by atoms with E-state index in [0.717, 1.165) is 32.0 Å². The SMILES string of the molecule is CN1CCN(C(c2ccc(N(C)C)cc2)c2nnnn2C2CCCCC2)CC1. The summed E-state index contributed by atoms with van der Waals surface area (Å²) in [5.41, 5.74) is 2.50. The number of anilines is 1. The van der Waals surface area contributed by atoms with Gasteiger partial charge in [0.05, 0.1) is 12.1 Å². The van der Waals surface area contributed by atoms with Crippen LogP contribution in [-0.2, 0) is 0 Å². The van der Waals surface area contributed by atoms with E-state index in [-0.39, 0.29) is 6.04 Å². The monoisotopic (exact) mass is 383 g/mol. The number of likely N-dealkylation sites (N-methyl/N-ethyl adjacent to an activating group) is 1.